The van der Waals surface area contributed by atoms with E-state index in [2.05, 4.69) is 27.5 Å². The number of unbranched alkanes of at least 4 members (excludes halogenated alkanes) is 1. The third-order valence-electron chi connectivity index (χ3n) is 4.05. The van der Waals surface area contributed by atoms with Crippen LogP contribution in [0.1, 0.15) is 41.6 Å². The van der Waals surface area contributed by atoms with E-state index in [-0.39, 0.29) is 5.91 Å². The summed E-state index contributed by atoms with van der Waals surface area (Å²) in [5, 5.41) is 6.14. The van der Waals surface area contributed by atoms with Crippen molar-refractivity contribution in [3.8, 4) is 11.5 Å². The molecule has 0 saturated heterocycles. The van der Waals surface area contributed by atoms with Crippen molar-refractivity contribution in [2.45, 2.75) is 33.1 Å². The summed E-state index contributed by atoms with van der Waals surface area (Å²) in [5.74, 6) is 2.45. The molecule has 1 aromatic heterocycles. The Morgan fingerprint density at radius 3 is 2.56 bits per heavy atom. The molecular weight excluding hydrogens is 344 g/mol. The number of rotatable bonds is 10. The van der Waals surface area contributed by atoms with Gasteiger partial charge in [-0.05, 0) is 37.5 Å². The van der Waals surface area contributed by atoms with Crippen molar-refractivity contribution in [3.63, 3.8) is 0 Å². The van der Waals surface area contributed by atoms with Crippen LogP contribution in [0.3, 0.4) is 0 Å². The molecule has 0 radical (unpaired) electrons. The van der Waals surface area contributed by atoms with Crippen LogP contribution in [-0.4, -0.2) is 43.2 Å². The van der Waals surface area contributed by atoms with E-state index in [1.165, 1.54) is 0 Å². The molecule has 0 atom stereocenters. The number of nitrogens with zero attached hydrogens (tertiary/aromatic N) is 2. The molecule has 146 valence electrons. The first kappa shape index (κ1) is 20.5. The van der Waals surface area contributed by atoms with Crippen molar-refractivity contribution in [2.75, 3.05) is 32.6 Å². The topological polar surface area (TPSA) is 85.4 Å². The number of anilines is 1. The summed E-state index contributed by atoms with van der Waals surface area (Å²) in [6.07, 6.45) is 2.76. The molecule has 0 unspecified atom stereocenters. The summed E-state index contributed by atoms with van der Waals surface area (Å²) >= 11 is 0. The van der Waals surface area contributed by atoms with Crippen LogP contribution in [0.2, 0.25) is 0 Å². The Kier molecular flexibility index (Phi) is 7.85. The van der Waals surface area contributed by atoms with Gasteiger partial charge in [0.2, 0.25) is 0 Å². The Morgan fingerprint density at radius 2 is 1.85 bits per heavy atom. The predicted octanol–water partition coefficient (Wildman–Crippen LogP) is 2.99. The Bertz CT molecular complexity index is 765. The quantitative estimate of drug-likeness (QED) is 0.624. The molecule has 2 rings (SSSR count). The van der Waals surface area contributed by atoms with E-state index in [0.717, 1.165) is 24.8 Å². The maximum atomic E-state index is 12.2. The smallest absolute Gasteiger partial charge is 0.270 e. The van der Waals surface area contributed by atoms with E-state index in [1.54, 1.807) is 27.2 Å². The lowest BCUT2D eigenvalue weighted by Gasteiger charge is -2.11. The van der Waals surface area contributed by atoms with E-state index in [9.17, 15) is 4.79 Å². The van der Waals surface area contributed by atoms with E-state index < -0.39 is 0 Å². The van der Waals surface area contributed by atoms with Crippen LogP contribution in [0.5, 0.6) is 11.5 Å². The second kappa shape index (κ2) is 10.4. The van der Waals surface area contributed by atoms with Crippen molar-refractivity contribution >= 4 is 11.7 Å². The zero-order valence-corrected chi connectivity index (χ0v) is 16.5. The molecule has 0 bridgehead atoms. The van der Waals surface area contributed by atoms with Crippen LogP contribution in [0, 0.1) is 6.92 Å². The van der Waals surface area contributed by atoms with Crippen LogP contribution < -0.4 is 20.1 Å². The number of carbonyl (C=O) groups excluding carboxylic acids is 1. The fourth-order valence-corrected chi connectivity index (χ4v) is 2.61. The molecule has 1 heterocycles. The highest BCUT2D eigenvalue weighted by molar-refractivity contribution is 5.92. The number of benzene rings is 1. The number of aryl methyl sites for hydroxylation is 1. The number of hydrogen-bond donors (Lipinski definition) is 2. The van der Waals surface area contributed by atoms with E-state index in [4.69, 9.17) is 9.47 Å². The van der Waals surface area contributed by atoms with E-state index in [0.29, 0.717) is 41.9 Å². The predicted molar refractivity (Wildman–Crippen MR) is 106 cm³/mol. The van der Waals surface area contributed by atoms with Crippen LogP contribution >= 0.6 is 0 Å². The summed E-state index contributed by atoms with van der Waals surface area (Å²) < 4.78 is 10.6. The van der Waals surface area contributed by atoms with Gasteiger partial charge in [-0.2, -0.15) is 0 Å². The monoisotopic (exact) mass is 372 g/mol. The third kappa shape index (κ3) is 6.13. The summed E-state index contributed by atoms with van der Waals surface area (Å²) in [7, 11) is 3.24. The number of amides is 1. The minimum absolute atomic E-state index is 0.170. The first-order valence-electron chi connectivity index (χ1n) is 9.16. The van der Waals surface area contributed by atoms with Gasteiger partial charge in [0.25, 0.3) is 5.91 Å². The molecule has 0 aliphatic rings. The minimum Gasteiger partial charge on any atom is -0.493 e. The van der Waals surface area contributed by atoms with Gasteiger partial charge in [0.05, 0.1) is 14.2 Å². The Hall–Kier alpha value is -2.83. The number of nitrogens with one attached hydrogen (secondary N) is 2. The summed E-state index contributed by atoms with van der Waals surface area (Å²) in [5.41, 5.74) is 1.50. The van der Waals surface area contributed by atoms with E-state index >= 15 is 0 Å². The SMILES string of the molecule is CCCCNC(=O)c1cc(NCCc2ccc(OC)c(OC)c2)nc(C)n1. The highest BCUT2D eigenvalue weighted by atomic mass is 16.5. The van der Waals surface area contributed by atoms with Gasteiger partial charge in [0, 0.05) is 19.2 Å². The Labute approximate surface area is 160 Å². The molecule has 2 N–H and O–H groups in total. The summed E-state index contributed by atoms with van der Waals surface area (Å²) in [6.45, 7) is 5.19. The molecule has 7 heteroatoms. The summed E-state index contributed by atoms with van der Waals surface area (Å²) in [4.78, 5) is 20.8. The van der Waals surface area contributed by atoms with Gasteiger partial charge in [0.15, 0.2) is 11.5 Å². The molecule has 1 aromatic carbocycles. The third-order valence-corrected chi connectivity index (χ3v) is 4.05. The van der Waals surface area contributed by atoms with Gasteiger partial charge in [-0.15, -0.1) is 0 Å². The van der Waals surface area contributed by atoms with E-state index in [1.807, 2.05) is 18.2 Å². The number of aromatic nitrogens is 2. The molecule has 0 fully saturated rings. The first-order chi connectivity index (χ1) is 13.1. The number of methoxy groups -OCH3 is 2. The van der Waals surface area contributed by atoms with Gasteiger partial charge >= 0.3 is 0 Å². The Morgan fingerprint density at radius 1 is 1.07 bits per heavy atom. The normalized spacial score (nSPS) is 10.4. The van der Waals surface area contributed by atoms with Crippen molar-refractivity contribution in [1.29, 1.82) is 0 Å². The van der Waals surface area contributed by atoms with Crippen LogP contribution in [0.25, 0.3) is 0 Å². The minimum atomic E-state index is -0.170. The molecule has 7 nitrogen and oxygen atoms in total. The molecule has 0 spiro atoms. The lowest BCUT2D eigenvalue weighted by atomic mass is 10.1. The maximum absolute atomic E-state index is 12.2. The standard InChI is InChI=1S/C20H28N4O3/c1-5-6-10-22-20(25)16-13-19(24-14(2)23-16)21-11-9-15-7-8-17(26-3)18(12-15)27-4/h7-8,12-13H,5-6,9-11H2,1-4H3,(H,22,25)(H,21,23,24). The molecule has 0 aliphatic heterocycles. The first-order valence-corrected chi connectivity index (χ1v) is 9.16. The zero-order chi connectivity index (χ0) is 19.6. The van der Waals surface area contributed by atoms with Gasteiger partial charge in [-0.1, -0.05) is 19.4 Å². The van der Waals surface area contributed by atoms with Crippen molar-refractivity contribution in [3.05, 3.63) is 41.3 Å². The highest BCUT2D eigenvalue weighted by Crippen LogP contribution is 2.27. The molecule has 0 aliphatic carbocycles. The van der Waals surface area contributed by atoms with Crippen LogP contribution in [0.15, 0.2) is 24.3 Å². The van der Waals surface area contributed by atoms with Crippen molar-refractivity contribution < 1.29 is 14.3 Å². The van der Waals surface area contributed by atoms with Gasteiger partial charge in [-0.3, -0.25) is 4.79 Å². The molecule has 2 aromatic rings. The fourth-order valence-electron chi connectivity index (χ4n) is 2.61. The zero-order valence-electron chi connectivity index (χ0n) is 16.5. The second-order valence-corrected chi connectivity index (χ2v) is 6.16. The molecule has 0 saturated carbocycles. The van der Waals surface area contributed by atoms with Gasteiger partial charge < -0.3 is 20.1 Å². The summed E-state index contributed by atoms with van der Waals surface area (Å²) in [6, 6.07) is 7.53. The molecule has 27 heavy (non-hydrogen) atoms. The van der Waals surface area contributed by atoms with Crippen molar-refractivity contribution in [2.24, 2.45) is 0 Å². The fraction of sp³-hybridized carbons (Fsp3) is 0.450. The number of hydrogen-bond acceptors (Lipinski definition) is 6. The average molecular weight is 372 g/mol. The van der Waals surface area contributed by atoms with Gasteiger partial charge in [0.1, 0.15) is 17.3 Å². The molecular formula is C20H28N4O3. The largest absolute Gasteiger partial charge is 0.493 e. The second-order valence-electron chi connectivity index (χ2n) is 6.16. The lowest BCUT2D eigenvalue weighted by Crippen LogP contribution is -2.26. The van der Waals surface area contributed by atoms with Gasteiger partial charge in [-0.25, -0.2) is 9.97 Å². The number of ether oxygens (including phenoxy) is 2. The lowest BCUT2D eigenvalue weighted by molar-refractivity contribution is 0.0948. The highest BCUT2D eigenvalue weighted by Gasteiger charge is 2.10. The van der Waals surface area contributed by atoms with Crippen LogP contribution in [-0.2, 0) is 6.42 Å². The molecule has 1 amide bonds. The van der Waals surface area contributed by atoms with Crippen LogP contribution in [0.4, 0.5) is 5.82 Å². The average Bonchev–Trinajstić information content (AvgIpc) is 2.67. The van der Waals surface area contributed by atoms with Crippen molar-refractivity contribution in [1.82, 2.24) is 15.3 Å². The number of carbonyl (C=O) groups is 1. The Balaban J connectivity index is 1.96. The maximum Gasteiger partial charge on any atom is 0.270 e.